The molecule has 6 nitrogen and oxygen atoms in total. The third-order valence-electron chi connectivity index (χ3n) is 2.80. The summed E-state index contributed by atoms with van der Waals surface area (Å²) in [7, 11) is 1.21. The number of aromatic nitrogens is 1. The van der Waals surface area contributed by atoms with Gasteiger partial charge in [0.2, 0.25) is 0 Å². The van der Waals surface area contributed by atoms with Crippen LogP contribution in [0.2, 0.25) is 0 Å². The van der Waals surface area contributed by atoms with Gasteiger partial charge in [0.15, 0.2) is 12.4 Å². The summed E-state index contributed by atoms with van der Waals surface area (Å²) in [5, 5.41) is 13.7. The SMILES string of the molecule is COC(=O)/C(=C\c1ccc[n+]([O-])c1)NC(=O)c1ccccc1. The third-order valence-corrected chi connectivity index (χ3v) is 2.80. The van der Waals surface area contributed by atoms with E-state index in [0.717, 1.165) is 0 Å². The number of rotatable bonds is 4. The van der Waals surface area contributed by atoms with Crippen molar-refractivity contribution in [2.45, 2.75) is 0 Å². The van der Waals surface area contributed by atoms with Gasteiger partial charge in [0, 0.05) is 17.2 Å². The second kappa shape index (κ2) is 7.03. The molecule has 0 saturated carbocycles. The number of pyridine rings is 1. The van der Waals surface area contributed by atoms with Crippen LogP contribution in [-0.2, 0) is 9.53 Å². The fraction of sp³-hybridized carbons (Fsp3) is 0.0625. The highest BCUT2D eigenvalue weighted by Crippen LogP contribution is 2.06. The molecule has 0 radical (unpaired) electrons. The van der Waals surface area contributed by atoms with Crippen molar-refractivity contribution < 1.29 is 19.1 Å². The van der Waals surface area contributed by atoms with Crippen LogP contribution in [-0.4, -0.2) is 19.0 Å². The molecule has 2 rings (SSSR count). The summed E-state index contributed by atoms with van der Waals surface area (Å²) in [4.78, 5) is 23.9. The molecule has 0 aliphatic carbocycles. The molecule has 0 atom stereocenters. The molecule has 0 aliphatic heterocycles. The summed E-state index contributed by atoms with van der Waals surface area (Å²) in [5.74, 6) is -1.14. The predicted molar refractivity (Wildman–Crippen MR) is 79.3 cm³/mol. The number of methoxy groups -OCH3 is 1. The highest BCUT2D eigenvalue weighted by molar-refractivity contribution is 6.03. The number of amides is 1. The van der Waals surface area contributed by atoms with Gasteiger partial charge in [0.1, 0.15) is 5.70 Å². The maximum absolute atomic E-state index is 12.1. The largest absolute Gasteiger partial charge is 0.619 e. The molecule has 0 spiro atoms. The molecule has 0 unspecified atom stereocenters. The Morgan fingerprint density at radius 2 is 1.91 bits per heavy atom. The number of nitrogens with one attached hydrogen (secondary N) is 1. The van der Waals surface area contributed by atoms with Crippen molar-refractivity contribution in [1.82, 2.24) is 5.32 Å². The lowest BCUT2D eigenvalue weighted by Gasteiger charge is -2.08. The van der Waals surface area contributed by atoms with Crippen LogP contribution < -0.4 is 10.0 Å². The number of esters is 1. The van der Waals surface area contributed by atoms with Gasteiger partial charge in [-0.15, -0.1) is 0 Å². The lowest BCUT2D eigenvalue weighted by molar-refractivity contribution is -0.605. The Bertz CT molecular complexity index is 711. The van der Waals surface area contributed by atoms with Crippen molar-refractivity contribution in [2.75, 3.05) is 7.11 Å². The second-order valence-electron chi connectivity index (χ2n) is 4.37. The van der Waals surface area contributed by atoms with E-state index in [2.05, 4.69) is 10.1 Å². The Kier molecular flexibility index (Phi) is 4.87. The molecule has 0 aliphatic rings. The summed E-state index contributed by atoms with van der Waals surface area (Å²) in [6, 6.07) is 11.6. The van der Waals surface area contributed by atoms with Crippen LogP contribution in [0.5, 0.6) is 0 Å². The molecule has 112 valence electrons. The quantitative estimate of drug-likeness (QED) is 0.399. The highest BCUT2D eigenvalue weighted by Gasteiger charge is 2.15. The molecule has 22 heavy (non-hydrogen) atoms. The van der Waals surface area contributed by atoms with Crippen LogP contribution in [0.4, 0.5) is 0 Å². The lowest BCUT2D eigenvalue weighted by atomic mass is 10.2. The molecule has 0 bridgehead atoms. The average Bonchev–Trinajstić information content (AvgIpc) is 2.54. The van der Waals surface area contributed by atoms with Crippen molar-refractivity contribution in [1.29, 1.82) is 0 Å². The van der Waals surface area contributed by atoms with Crippen molar-refractivity contribution in [3.8, 4) is 0 Å². The minimum atomic E-state index is -0.703. The number of hydrogen-bond acceptors (Lipinski definition) is 4. The Balaban J connectivity index is 2.27. The number of hydrogen-bond donors (Lipinski definition) is 1. The zero-order valence-electron chi connectivity index (χ0n) is 11.9. The normalized spacial score (nSPS) is 10.9. The molecule has 1 N–H and O–H groups in total. The molecule has 0 fully saturated rings. The standard InChI is InChI=1S/C16H14N2O4/c1-22-16(20)14(10-12-6-5-9-18(21)11-12)17-15(19)13-7-3-2-4-8-13/h2-11H,1H3,(H,17,19)/b14-10+. The van der Waals surface area contributed by atoms with E-state index < -0.39 is 11.9 Å². The Hall–Kier alpha value is -3.15. The minimum Gasteiger partial charge on any atom is -0.619 e. The van der Waals surface area contributed by atoms with E-state index in [1.807, 2.05) is 0 Å². The zero-order chi connectivity index (χ0) is 15.9. The number of nitrogens with zero attached hydrogens (tertiary/aromatic N) is 1. The summed E-state index contributed by atoms with van der Waals surface area (Å²) in [6.07, 6.45) is 3.97. The van der Waals surface area contributed by atoms with E-state index in [1.165, 1.54) is 31.6 Å². The number of ether oxygens (including phenoxy) is 1. The molecule has 1 amide bonds. The van der Waals surface area contributed by atoms with E-state index in [0.29, 0.717) is 15.9 Å². The Labute approximate surface area is 127 Å². The van der Waals surface area contributed by atoms with Gasteiger partial charge in [-0.25, -0.2) is 4.79 Å². The number of benzene rings is 1. The van der Waals surface area contributed by atoms with Gasteiger partial charge < -0.3 is 15.3 Å². The monoisotopic (exact) mass is 298 g/mol. The number of carbonyl (C=O) groups excluding carboxylic acids is 2. The number of carbonyl (C=O) groups is 2. The van der Waals surface area contributed by atoms with Gasteiger partial charge in [0.25, 0.3) is 5.91 Å². The highest BCUT2D eigenvalue weighted by atomic mass is 16.5. The van der Waals surface area contributed by atoms with Gasteiger partial charge in [-0.2, -0.15) is 4.73 Å². The first-order chi connectivity index (χ1) is 10.6. The smallest absolute Gasteiger partial charge is 0.354 e. The van der Waals surface area contributed by atoms with Crippen molar-refractivity contribution in [3.05, 3.63) is 76.9 Å². The molecule has 2 aromatic rings. The van der Waals surface area contributed by atoms with Crippen LogP contribution in [0.3, 0.4) is 0 Å². The first kappa shape index (κ1) is 15.2. The summed E-state index contributed by atoms with van der Waals surface area (Å²) < 4.78 is 5.24. The third kappa shape index (κ3) is 3.92. The van der Waals surface area contributed by atoms with Crippen molar-refractivity contribution >= 4 is 18.0 Å². The van der Waals surface area contributed by atoms with Crippen LogP contribution in [0, 0.1) is 5.21 Å². The summed E-state index contributed by atoms with van der Waals surface area (Å²) >= 11 is 0. The van der Waals surface area contributed by atoms with E-state index in [9.17, 15) is 14.8 Å². The second-order valence-corrected chi connectivity index (χ2v) is 4.37. The first-order valence-electron chi connectivity index (χ1n) is 6.45. The average molecular weight is 298 g/mol. The van der Waals surface area contributed by atoms with E-state index in [4.69, 9.17) is 0 Å². The van der Waals surface area contributed by atoms with Crippen molar-refractivity contribution in [2.24, 2.45) is 0 Å². The molecule has 1 heterocycles. The fourth-order valence-electron chi connectivity index (χ4n) is 1.76. The predicted octanol–water partition coefficient (Wildman–Crippen LogP) is 1.26. The van der Waals surface area contributed by atoms with Crippen LogP contribution in [0.15, 0.2) is 60.6 Å². The van der Waals surface area contributed by atoms with Crippen LogP contribution in [0.25, 0.3) is 6.08 Å². The Morgan fingerprint density at radius 1 is 1.18 bits per heavy atom. The van der Waals surface area contributed by atoms with Gasteiger partial charge in [-0.05, 0) is 24.3 Å². The molecular weight excluding hydrogens is 284 g/mol. The first-order valence-corrected chi connectivity index (χ1v) is 6.45. The Morgan fingerprint density at radius 3 is 2.55 bits per heavy atom. The van der Waals surface area contributed by atoms with E-state index in [1.54, 1.807) is 36.4 Å². The minimum absolute atomic E-state index is 0.0532. The van der Waals surface area contributed by atoms with Gasteiger partial charge in [-0.3, -0.25) is 4.79 Å². The molecule has 1 aromatic heterocycles. The maximum atomic E-state index is 12.1. The summed E-state index contributed by atoms with van der Waals surface area (Å²) in [6.45, 7) is 0. The van der Waals surface area contributed by atoms with E-state index in [-0.39, 0.29) is 5.70 Å². The van der Waals surface area contributed by atoms with E-state index >= 15 is 0 Å². The maximum Gasteiger partial charge on any atom is 0.354 e. The topological polar surface area (TPSA) is 82.3 Å². The molecular formula is C16H14N2O4. The van der Waals surface area contributed by atoms with Gasteiger partial charge in [0.05, 0.1) is 7.11 Å². The molecule has 1 aromatic carbocycles. The van der Waals surface area contributed by atoms with Crippen molar-refractivity contribution in [3.63, 3.8) is 0 Å². The van der Waals surface area contributed by atoms with Gasteiger partial charge in [-0.1, -0.05) is 18.2 Å². The van der Waals surface area contributed by atoms with Crippen LogP contribution >= 0.6 is 0 Å². The lowest BCUT2D eigenvalue weighted by Crippen LogP contribution is -2.28. The summed E-state index contributed by atoms with van der Waals surface area (Å²) in [5.41, 5.74) is 0.818. The van der Waals surface area contributed by atoms with Crippen LogP contribution in [0.1, 0.15) is 15.9 Å². The molecule has 6 heteroatoms. The van der Waals surface area contributed by atoms with Gasteiger partial charge >= 0.3 is 5.97 Å². The fourth-order valence-corrected chi connectivity index (χ4v) is 1.76. The molecule has 0 saturated heterocycles. The zero-order valence-corrected chi connectivity index (χ0v) is 11.9.